The Hall–Kier alpha value is -3.23. The summed E-state index contributed by atoms with van der Waals surface area (Å²) in [5, 5.41) is 12.2. The van der Waals surface area contributed by atoms with Crippen LogP contribution < -0.4 is 10.1 Å². The van der Waals surface area contributed by atoms with Gasteiger partial charge in [-0.05, 0) is 47.5 Å². The second-order valence-corrected chi connectivity index (χ2v) is 5.48. The van der Waals surface area contributed by atoms with Gasteiger partial charge in [0, 0.05) is 25.4 Å². The predicted octanol–water partition coefficient (Wildman–Crippen LogP) is 4.17. The number of nitrogens with one attached hydrogen (secondary N) is 1. The van der Waals surface area contributed by atoms with Crippen LogP contribution in [0.15, 0.2) is 66.9 Å². The summed E-state index contributed by atoms with van der Waals surface area (Å²) < 4.78 is 18.4. The van der Waals surface area contributed by atoms with Crippen LogP contribution in [0.25, 0.3) is 0 Å². The third kappa shape index (κ3) is 4.87. The lowest BCUT2D eigenvalue weighted by Gasteiger charge is -2.07. The van der Waals surface area contributed by atoms with Crippen LogP contribution >= 0.6 is 0 Å². The zero-order valence-corrected chi connectivity index (χ0v) is 13.4. The van der Waals surface area contributed by atoms with Crippen molar-refractivity contribution < 1.29 is 9.13 Å². The molecule has 0 aliphatic rings. The van der Waals surface area contributed by atoms with Crippen LogP contribution in [0.4, 0.5) is 4.39 Å². The largest absolute Gasteiger partial charge is 0.439 e. The summed E-state index contributed by atoms with van der Waals surface area (Å²) in [6, 6.07) is 19.1. The SMILES string of the molecule is N#Cc1cccc(CNCc2ccc(Oc3ccc(F)cc3)nc2)c1. The Morgan fingerprint density at radius 2 is 1.80 bits per heavy atom. The first-order valence-electron chi connectivity index (χ1n) is 7.81. The molecule has 0 spiro atoms. The monoisotopic (exact) mass is 333 g/mol. The Bertz CT molecular complexity index is 871. The molecule has 1 aromatic heterocycles. The number of benzene rings is 2. The third-order valence-electron chi connectivity index (χ3n) is 3.55. The minimum Gasteiger partial charge on any atom is -0.439 e. The second kappa shape index (κ2) is 8.04. The Morgan fingerprint density at radius 3 is 2.52 bits per heavy atom. The Balaban J connectivity index is 1.52. The van der Waals surface area contributed by atoms with E-state index in [1.165, 1.54) is 12.1 Å². The molecule has 0 unspecified atom stereocenters. The van der Waals surface area contributed by atoms with Gasteiger partial charge in [0.15, 0.2) is 0 Å². The molecular formula is C20H16FN3O. The van der Waals surface area contributed by atoms with Crippen molar-refractivity contribution in [3.8, 4) is 17.7 Å². The molecule has 25 heavy (non-hydrogen) atoms. The lowest BCUT2D eigenvalue weighted by Crippen LogP contribution is -2.12. The van der Waals surface area contributed by atoms with Crippen LogP contribution in [-0.2, 0) is 13.1 Å². The standard InChI is InChI=1S/C20H16FN3O/c21-18-5-7-19(8-6-18)25-20-9-4-17(14-24-20)13-23-12-16-3-1-2-15(10-16)11-22/h1-10,14,23H,12-13H2. The van der Waals surface area contributed by atoms with Gasteiger partial charge >= 0.3 is 0 Å². The molecule has 0 fully saturated rings. The predicted molar refractivity (Wildman–Crippen MR) is 92.4 cm³/mol. The minimum atomic E-state index is -0.304. The van der Waals surface area contributed by atoms with Crippen molar-refractivity contribution in [3.05, 3.63) is 89.4 Å². The van der Waals surface area contributed by atoms with E-state index in [0.717, 1.165) is 11.1 Å². The van der Waals surface area contributed by atoms with Gasteiger partial charge in [-0.25, -0.2) is 9.37 Å². The van der Waals surface area contributed by atoms with Gasteiger partial charge in [-0.1, -0.05) is 18.2 Å². The topological polar surface area (TPSA) is 57.9 Å². The molecule has 2 aromatic carbocycles. The molecule has 0 saturated heterocycles. The van der Waals surface area contributed by atoms with E-state index in [4.69, 9.17) is 10.00 Å². The van der Waals surface area contributed by atoms with Crippen molar-refractivity contribution in [2.45, 2.75) is 13.1 Å². The van der Waals surface area contributed by atoms with Crippen molar-refractivity contribution in [2.75, 3.05) is 0 Å². The molecule has 3 rings (SSSR count). The smallest absolute Gasteiger partial charge is 0.219 e. The molecule has 1 N–H and O–H groups in total. The molecule has 5 heteroatoms. The fraction of sp³-hybridized carbons (Fsp3) is 0.100. The van der Waals surface area contributed by atoms with Crippen LogP contribution in [0, 0.1) is 17.1 Å². The van der Waals surface area contributed by atoms with E-state index in [9.17, 15) is 4.39 Å². The maximum atomic E-state index is 12.9. The molecule has 1 heterocycles. The van der Waals surface area contributed by atoms with Gasteiger partial charge in [0.2, 0.25) is 5.88 Å². The van der Waals surface area contributed by atoms with E-state index in [-0.39, 0.29) is 5.82 Å². The highest BCUT2D eigenvalue weighted by molar-refractivity contribution is 5.33. The summed E-state index contributed by atoms with van der Waals surface area (Å²) in [7, 11) is 0. The van der Waals surface area contributed by atoms with Crippen molar-refractivity contribution in [1.82, 2.24) is 10.3 Å². The fourth-order valence-electron chi connectivity index (χ4n) is 2.30. The summed E-state index contributed by atoms with van der Waals surface area (Å²) in [4.78, 5) is 4.25. The van der Waals surface area contributed by atoms with Gasteiger partial charge in [-0.15, -0.1) is 0 Å². The highest BCUT2D eigenvalue weighted by atomic mass is 19.1. The highest BCUT2D eigenvalue weighted by Crippen LogP contribution is 2.19. The quantitative estimate of drug-likeness (QED) is 0.735. The van der Waals surface area contributed by atoms with Gasteiger partial charge in [0.05, 0.1) is 11.6 Å². The van der Waals surface area contributed by atoms with E-state index in [1.807, 2.05) is 24.3 Å². The Morgan fingerprint density at radius 1 is 1.00 bits per heavy atom. The molecular weight excluding hydrogens is 317 g/mol. The third-order valence-corrected chi connectivity index (χ3v) is 3.55. The van der Waals surface area contributed by atoms with Crippen LogP contribution in [0.5, 0.6) is 11.6 Å². The first kappa shape index (κ1) is 16.6. The highest BCUT2D eigenvalue weighted by Gasteiger charge is 2.01. The fourth-order valence-corrected chi connectivity index (χ4v) is 2.30. The lowest BCUT2D eigenvalue weighted by molar-refractivity contribution is 0.460. The van der Waals surface area contributed by atoms with E-state index >= 15 is 0 Å². The normalized spacial score (nSPS) is 10.2. The number of pyridine rings is 1. The van der Waals surface area contributed by atoms with Crippen LogP contribution in [0.1, 0.15) is 16.7 Å². The number of rotatable bonds is 6. The van der Waals surface area contributed by atoms with E-state index < -0.39 is 0 Å². The number of hydrogen-bond acceptors (Lipinski definition) is 4. The van der Waals surface area contributed by atoms with Crippen molar-refractivity contribution in [3.63, 3.8) is 0 Å². The van der Waals surface area contributed by atoms with Gasteiger partial charge < -0.3 is 10.1 Å². The molecule has 0 amide bonds. The molecule has 0 aliphatic heterocycles. The molecule has 124 valence electrons. The molecule has 3 aromatic rings. The van der Waals surface area contributed by atoms with Gasteiger partial charge in [0.25, 0.3) is 0 Å². The van der Waals surface area contributed by atoms with Crippen LogP contribution in [-0.4, -0.2) is 4.98 Å². The molecule has 0 radical (unpaired) electrons. The molecule has 0 aliphatic carbocycles. The summed E-state index contributed by atoms with van der Waals surface area (Å²) in [5.41, 5.74) is 2.73. The van der Waals surface area contributed by atoms with Crippen molar-refractivity contribution in [1.29, 1.82) is 5.26 Å². The molecule has 0 bridgehead atoms. The van der Waals surface area contributed by atoms with E-state index in [1.54, 1.807) is 30.5 Å². The number of nitrogens with zero attached hydrogens (tertiary/aromatic N) is 2. The Kier molecular flexibility index (Phi) is 5.35. The van der Waals surface area contributed by atoms with Crippen molar-refractivity contribution in [2.24, 2.45) is 0 Å². The Labute approximate surface area is 145 Å². The number of nitriles is 1. The van der Waals surface area contributed by atoms with Gasteiger partial charge in [0.1, 0.15) is 11.6 Å². The zero-order valence-electron chi connectivity index (χ0n) is 13.4. The maximum absolute atomic E-state index is 12.9. The maximum Gasteiger partial charge on any atom is 0.219 e. The number of hydrogen-bond donors (Lipinski definition) is 1. The summed E-state index contributed by atoms with van der Waals surface area (Å²) in [5.74, 6) is 0.691. The number of ether oxygens (including phenoxy) is 1. The first-order valence-corrected chi connectivity index (χ1v) is 7.81. The van der Waals surface area contributed by atoms with Gasteiger partial charge in [-0.3, -0.25) is 0 Å². The zero-order chi connectivity index (χ0) is 17.5. The molecule has 4 nitrogen and oxygen atoms in total. The van der Waals surface area contributed by atoms with E-state index in [2.05, 4.69) is 16.4 Å². The molecule has 0 atom stereocenters. The summed E-state index contributed by atoms with van der Waals surface area (Å²) in [6.45, 7) is 1.32. The van der Waals surface area contributed by atoms with Gasteiger partial charge in [-0.2, -0.15) is 5.26 Å². The van der Waals surface area contributed by atoms with Crippen LogP contribution in [0.3, 0.4) is 0 Å². The van der Waals surface area contributed by atoms with Crippen molar-refractivity contribution >= 4 is 0 Å². The first-order chi connectivity index (χ1) is 12.2. The second-order valence-electron chi connectivity index (χ2n) is 5.48. The number of aromatic nitrogens is 1. The molecule has 0 saturated carbocycles. The summed E-state index contributed by atoms with van der Waals surface area (Å²) >= 11 is 0. The average Bonchev–Trinajstić information content (AvgIpc) is 2.65. The van der Waals surface area contributed by atoms with E-state index in [0.29, 0.717) is 30.3 Å². The number of halogens is 1. The van der Waals surface area contributed by atoms with Crippen LogP contribution in [0.2, 0.25) is 0 Å². The lowest BCUT2D eigenvalue weighted by atomic mass is 10.1. The minimum absolute atomic E-state index is 0.304. The average molecular weight is 333 g/mol. The summed E-state index contributed by atoms with van der Waals surface area (Å²) in [6.07, 6.45) is 1.73.